The Kier molecular flexibility index (Phi) is 3.91. The van der Waals surface area contributed by atoms with Crippen LogP contribution in [0, 0.1) is 23.7 Å². The topological polar surface area (TPSA) is 62.3 Å². The van der Waals surface area contributed by atoms with Crippen LogP contribution in [0.2, 0.25) is 0 Å². The van der Waals surface area contributed by atoms with Gasteiger partial charge in [0.05, 0.1) is 28.7 Å². The zero-order chi connectivity index (χ0) is 20.2. The van der Waals surface area contributed by atoms with Crippen LogP contribution >= 0.6 is 0 Å². The van der Waals surface area contributed by atoms with Gasteiger partial charge in [-0.3, -0.25) is 19.5 Å². The van der Waals surface area contributed by atoms with Gasteiger partial charge in [0.1, 0.15) is 0 Å². The first-order valence-electron chi connectivity index (χ1n) is 10.7. The van der Waals surface area contributed by atoms with Crippen molar-refractivity contribution in [3.63, 3.8) is 0 Å². The Bertz CT molecular complexity index is 1120. The van der Waals surface area contributed by atoms with Gasteiger partial charge >= 0.3 is 0 Å². The van der Waals surface area contributed by atoms with E-state index in [-0.39, 0.29) is 23.7 Å². The van der Waals surface area contributed by atoms with Crippen LogP contribution in [0.15, 0.2) is 60.8 Å². The third kappa shape index (κ3) is 2.58. The molecule has 5 heteroatoms. The van der Waals surface area contributed by atoms with E-state index in [0.717, 1.165) is 41.4 Å². The van der Waals surface area contributed by atoms with Gasteiger partial charge in [0.2, 0.25) is 11.8 Å². The molecule has 0 spiro atoms. The number of imide groups is 1. The van der Waals surface area contributed by atoms with Gasteiger partial charge in [-0.2, -0.15) is 0 Å². The smallest absolute Gasteiger partial charge is 0.237 e. The fourth-order valence-electron chi connectivity index (χ4n) is 5.87. The molecule has 2 bridgehead atoms. The van der Waals surface area contributed by atoms with Gasteiger partial charge in [0.25, 0.3) is 0 Å². The Hall–Kier alpha value is -3.21. The number of nitrogens with one attached hydrogen (secondary N) is 1. The van der Waals surface area contributed by atoms with Crippen molar-refractivity contribution in [3.05, 3.63) is 66.4 Å². The van der Waals surface area contributed by atoms with Crippen molar-refractivity contribution in [1.82, 2.24) is 4.98 Å². The predicted octanol–water partition coefficient (Wildman–Crippen LogP) is 4.38. The normalized spacial score (nSPS) is 27.1. The Morgan fingerprint density at radius 3 is 2.33 bits per heavy atom. The number of nitrogens with zero attached hydrogens (tertiary/aromatic N) is 2. The number of aromatic nitrogens is 1. The molecule has 0 unspecified atom stereocenters. The number of hydrogen-bond donors (Lipinski definition) is 1. The number of pyridine rings is 1. The Morgan fingerprint density at radius 2 is 1.60 bits per heavy atom. The largest absolute Gasteiger partial charge is 0.379 e. The summed E-state index contributed by atoms with van der Waals surface area (Å²) < 4.78 is 0. The monoisotopic (exact) mass is 397 g/mol. The van der Waals surface area contributed by atoms with Crippen LogP contribution in [0.25, 0.3) is 10.9 Å². The van der Waals surface area contributed by atoms with E-state index >= 15 is 0 Å². The van der Waals surface area contributed by atoms with Crippen molar-refractivity contribution in [3.8, 4) is 0 Å². The quantitative estimate of drug-likeness (QED) is 0.664. The number of carbonyl (C=O) groups excluding carboxylic acids is 2. The summed E-state index contributed by atoms with van der Waals surface area (Å²) in [5.74, 6) is 0.723. The summed E-state index contributed by atoms with van der Waals surface area (Å²) in [5, 5.41) is 4.55. The summed E-state index contributed by atoms with van der Waals surface area (Å²) in [7, 11) is 0. The van der Waals surface area contributed by atoms with E-state index in [1.54, 1.807) is 6.20 Å². The van der Waals surface area contributed by atoms with Crippen molar-refractivity contribution in [2.45, 2.75) is 25.8 Å². The highest BCUT2D eigenvalue weighted by Crippen LogP contribution is 2.56. The molecular weight excluding hydrogens is 374 g/mol. The van der Waals surface area contributed by atoms with Crippen LogP contribution in [-0.2, 0) is 16.1 Å². The molecule has 150 valence electrons. The second-order valence-electron chi connectivity index (χ2n) is 8.80. The van der Waals surface area contributed by atoms with E-state index in [9.17, 15) is 9.59 Å². The molecule has 2 saturated carbocycles. The minimum Gasteiger partial charge on any atom is -0.379 e. The molecule has 6 rings (SSSR count). The van der Waals surface area contributed by atoms with E-state index in [0.29, 0.717) is 24.1 Å². The van der Waals surface area contributed by atoms with Gasteiger partial charge in [-0.1, -0.05) is 30.3 Å². The van der Waals surface area contributed by atoms with E-state index in [4.69, 9.17) is 0 Å². The molecule has 3 aromatic rings. The fraction of sp³-hybridized carbons (Fsp3) is 0.320. The molecule has 5 nitrogen and oxygen atoms in total. The van der Waals surface area contributed by atoms with Gasteiger partial charge < -0.3 is 5.32 Å². The lowest BCUT2D eigenvalue weighted by atomic mass is 9.81. The second kappa shape index (κ2) is 6.66. The molecule has 4 atom stereocenters. The summed E-state index contributed by atoms with van der Waals surface area (Å²) in [4.78, 5) is 31.9. The molecule has 30 heavy (non-hydrogen) atoms. The highest BCUT2D eigenvalue weighted by atomic mass is 16.2. The maximum atomic E-state index is 13.0. The zero-order valence-electron chi connectivity index (χ0n) is 16.6. The Balaban J connectivity index is 1.20. The van der Waals surface area contributed by atoms with Crippen molar-refractivity contribution in [2.75, 3.05) is 10.2 Å². The van der Waals surface area contributed by atoms with Crippen molar-refractivity contribution in [2.24, 2.45) is 23.7 Å². The van der Waals surface area contributed by atoms with Crippen LogP contribution in [0.1, 0.15) is 24.8 Å². The summed E-state index contributed by atoms with van der Waals surface area (Å²) >= 11 is 0. The number of fused-ring (bicyclic) bond motifs is 6. The number of anilines is 2. The Morgan fingerprint density at radius 1 is 0.900 bits per heavy atom. The van der Waals surface area contributed by atoms with E-state index in [1.807, 2.05) is 54.6 Å². The molecule has 1 saturated heterocycles. The van der Waals surface area contributed by atoms with Crippen molar-refractivity contribution >= 4 is 34.1 Å². The highest BCUT2D eigenvalue weighted by Gasteiger charge is 2.61. The van der Waals surface area contributed by atoms with Crippen LogP contribution in [-0.4, -0.2) is 16.8 Å². The minimum atomic E-state index is -0.0727. The van der Waals surface area contributed by atoms with Crippen LogP contribution in [0.3, 0.4) is 0 Å². The number of para-hydroxylation sites is 1. The van der Waals surface area contributed by atoms with Gasteiger partial charge in [-0.25, -0.2) is 0 Å². The SMILES string of the molecule is O=C1[C@@H]2[C@@H]3CC[C@@H](C3)[C@@H]2C(=O)N1c1ccc(CNc2cccc3cccnc23)cc1. The lowest BCUT2D eigenvalue weighted by molar-refractivity contribution is -0.123. The van der Waals surface area contributed by atoms with E-state index in [2.05, 4.69) is 10.3 Å². The average molecular weight is 397 g/mol. The molecular formula is C25H23N3O2. The number of amides is 2. The summed E-state index contributed by atoms with van der Waals surface area (Å²) in [6.45, 7) is 0.646. The van der Waals surface area contributed by atoms with Gasteiger partial charge in [-0.05, 0) is 60.9 Å². The maximum Gasteiger partial charge on any atom is 0.237 e. The fourth-order valence-corrected chi connectivity index (χ4v) is 5.87. The van der Waals surface area contributed by atoms with Crippen LogP contribution in [0.4, 0.5) is 11.4 Å². The first-order valence-corrected chi connectivity index (χ1v) is 10.7. The van der Waals surface area contributed by atoms with Gasteiger partial charge in [0, 0.05) is 18.1 Å². The third-order valence-electron chi connectivity index (χ3n) is 7.24. The molecule has 0 radical (unpaired) electrons. The Labute approximate surface area is 175 Å². The number of benzene rings is 2. The van der Waals surface area contributed by atoms with Gasteiger partial charge in [-0.15, -0.1) is 0 Å². The number of rotatable bonds is 4. The van der Waals surface area contributed by atoms with Crippen molar-refractivity contribution < 1.29 is 9.59 Å². The summed E-state index contributed by atoms with van der Waals surface area (Å²) in [6.07, 6.45) is 5.07. The molecule has 1 N–H and O–H groups in total. The molecule has 2 amide bonds. The molecule has 2 aliphatic carbocycles. The molecule has 1 aromatic heterocycles. The summed E-state index contributed by atoms with van der Waals surface area (Å²) in [6, 6.07) is 17.9. The predicted molar refractivity (Wildman–Crippen MR) is 116 cm³/mol. The van der Waals surface area contributed by atoms with Crippen LogP contribution in [0.5, 0.6) is 0 Å². The molecule has 2 aromatic carbocycles. The first-order chi connectivity index (χ1) is 14.7. The molecule has 2 heterocycles. The molecule has 3 fully saturated rings. The number of hydrogen-bond acceptors (Lipinski definition) is 4. The lowest BCUT2D eigenvalue weighted by Crippen LogP contribution is -2.32. The van der Waals surface area contributed by atoms with Gasteiger partial charge in [0.15, 0.2) is 0 Å². The zero-order valence-corrected chi connectivity index (χ0v) is 16.6. The molecule has 1 aliphatic heterocycles. The average Bonchev–Trinajstić information content (AvgIpc) is 3.46. The van der Waals surface area contributed by atoms with Crippen LogP contribution < -0.4 is 10.2 Å². The number of carbonyl (C=O) groups is 2. The lowest BCUT2D eigenvalue weighted by Gasteiger charge is -2.19. The van der Waals surface area contributed by atoms with Crippen molar-refractivity contribution in [1.29, 1.82) is 0 Å². The highest BCUT2D eigenvalue weighted by molar-refractivity contribution is 6.22. The minimum absolute atomic E-state index is 0.0184. The molecule has 3 aliphatic rings. The second-order valence-corrected chi connectivity index (χ2v) is 8.80. The summed E-state index contributed by atoms with van der Waals surface area (Å²) in [5.41, 5.74) is 3.73. The first kappa shape index (κ1) is 17.6. The standard InChI is InChI=1S/C25H23N3O2/c29-24-21-17-8-9-18(13-17)22(21)25(30)28(24)19-10-6-15(7-11-19)14-27-20-5-1-3-16-4-2-12-26-23(16)20/h1-7,10-12,17-18,21-22,27H,8-9,13-14H2/t17-,18+,21-,22+. The van der Waals surface area contributed by atoms with E-state index in [1.165, 1.54) is 4.90 Å². The maximum absolute atomic E-state index is 13.0. The van der Waals surface area contributed by atoms with E-state index < -0.39 is 0 Å². The third-order valence-corrected chi connectivity index (χ3v) is 7.24.